The zero-order valence-electron chi connectivity index (χ0n) is 17.8. The third-order valence-electron chi connectivity index (χ3n) is 5.34. The average molecular weight is 470 g/mol. The maximum Gasteiger partial charge on any atom is 0.343 e. The number of carbonyl (C=O) groups excluding carboxylic acids is 2. The zero-order valence-corrected chi connectivity index (χ0v) is 19.5. The molecule has 166 valence electrons. The lowest BCUT2D eigenvalue weighted by Gasteiger charge is -2.18. The molecule has 8 heteroatoms. The van der Waals surface area contributed by atoms with Crippen molar-refractivity contribution in [3.05, 3.63) is 64.1 Å². The first-order valence-corrected chi connectivity index (χ1v) is 11.5. The molecule has 1 amide bonds. The summed E-state index contributed by atoms with van der Waals surface area (Å²) < 4.78 is 17.2. The summed E-state index contributed by atoms with van der Waals surface area (Å²) in [5.41, 5.74) is 2.07. The van der Waals surface area contributed by atoms with Gasteiger partial charge in [-0.25, -0.2) is 4.79 Å². The molecule has 4 rings (SSSR count). The Morgan fingerprint density at radius 2 is 2.09 bits per heavy atom. The van der Waals surface area contributed by atoms with Gasteiger partial charge in [0.15, 0.2) is 11.5 Å². The SMILES string of the molecule is COc1cc(/C=C2/SC(=S)N(C[C@H]3CCCO3)C2=O)ccc1OC(=O)c1ccccc1C. The smallest absolute Gasteiger partial charge is 0.343 e. The van der Waals surface area contributed by atoms with Crippen molar-refractivity contribution in [1.29, 1.82) is 0 Å². The first kappa shape index (κ1) is 22.5. The van der Waals surface area contributed by atoms with Crippen LogP contribution >= 0.6 is 24.0 Å². The Morgan fingerprint density at radius 1 is 1.28 bits per heavy atom. The number of thioether (sulfide) groups is 1. The van der Waals surface area contributed by atoms with Crippen LogP contribution in [0.1, 0.15) is 34.3 Å². The van der Waals surface area contributed by atoms with Crippen LogP contribution in [-0.2, 0) is 9.53 Å². The second-order valence-electron chi connectivity index (χ2n) is 7.54. The third kappa shape index (κ3) is 4.87. The molecule has 0 saturated carbocycles. The molecule has 6 nitrogen and oxygen atoms in total. The highest BCUT2D eigenvalue weighted by atomic mass is 32.2. The summed E-state index contributed by atoms with van der Waals surface area (Å²) >= 11 is 6.68. The number of esters is 1. The number of methoxy groups -OCH3 is 1. The Morgan fingerprint density at radius 3 is 2.81 bits per heavy atom. The number of thiocarbonyl (C=S) groups is 1. The van der Waals surface area contributed by atoms with E-state index in [-0.39, 0.29) is 12.0 Å². The van der Waals surface area contributed by atoms with Crippen molar-refractivity contribution in [3.63, 3.8) is 0 Å². The minimum atomic E-state index is -0.454. The summed E-state index contributed by atoms with van der Waals surface area (Å²) in [6.07, 6.45) is 3.76. The van der Waals surface area contributed by atoms with E-state index >= 15 is 0 Å². The Balaban J connectivity index is 1.50. The average Bonchev–Trinajstić information content (AvgIpc) is 3.39. The Bertz CT molecular complexity index is 1090. The van der Waals surface area contributed by atoms with Gasteiger partial charge in [-0.1, -0.05) is 48.2 Å². The number of carbonyl (C=O) groups is 2. The minimum absolute atomic E-state index is 0.0409. The fourth-order valence-corrected chi connectivity index (χ4v) is 4.89. The lowest BCUT2D eigenvalue weighted by Crippen LogP contribution is -2.35. The highest BCUT2D eigenvalue weighted by molar-refractivity contribution is 8.26. The number of nitrogens with zero attached hydrogens (tertiary/aromatic N) is 1. The number of amides is 1. The summed E-state index contributed by atoms with van der Waals surface area (Å²) in [5.74, 6) is 0.132. The van der Waals surface area contributed by atoms with Gasteiger partial charge in [-0.2, -0.15) is 0 Å². The van der Waals surface area contributed by atoms with Gasteiger partial charge in [0.05, 0.1) is 30.2 Å². The second kappa shape index (κ2) is 9.85. The molecule has 1 atom stereocenters. The molecule has 0 radical (unpaired) electrons. The maximum atomic E-state index is 12.9. The molecule has 2 aromatic rings. The number of benzene rings is 2. The molecule has 2 heterocycles. The summed E-state index contributed by atoms with van der Waals surface area (Å²) in [6, 6.07) is 12.4. The summed E-state index contributed by atoms with van der Waals surface area (Å²) in [5, 5.41) is 0. The van der Waals surface area contributed by atoms with Crippen LogP contribution in [0.5, 0.6) is 11.5 Å². The normalized spacial score (nSPS) is 19.6. The molecule has 2 aliphatic rings. The molecule has 0 N–H and O–H groups in total. The minimum Gasteiger partial charge on any atom is -0.493 e. The molecular weight excluding hydrogens is 446 g/mol. The number of aryl methyl sites for hydroxylation is 1. The van der Waals surface area contributed by atoms with Gasteiger partial charge < -0.3 is 14.2 Å². The predicted octanol–water partition coefficient (Wildman–Crippen LogP) is 4.60. The van der Waals surface area contributed by atoms with Crippen LogP contribution in [0.25, 0.3) is 6.08 Å². The lowest BCUT2D eigenvalue weighted by molar-refractivity contribution is -0.123. The van der Waals surface area contributed by atoms with E-state index in [2.05, 4.69) is 0 Å². The summed E-state index contributed by atoms with van der Waals surface area (Å²) in [4.78, 5) is 27.6. The molecule has 0 aromatic heterocycles. The topological polar surface area (TPSA) is 65.1 Å². The zero-order chi connectivity index (χ0) is 22.7. The van der Waals surface area contributed by atoms with E-state index in [0.717, 1.165) is 30.6 Å². The Hall–Kier alpha value is -2.68. The van der Waals surface area contributed by atoms with Gasteiger partial charge in [0, 0.05) is 6.61 Å². The van der Waals surface area contributed by atoms with Crippen LogP contribution in [0, 0.1) is 6.92 Å². The molecule has 0 aliphatic carbocycles. The Kier molecular flexibility index (Phi) is 6.93. The van der Waals surface area contributed by atoms with Crippen LogP contribution in [0.4, 0.5) is 0 Å². The lowest BCUT2D eigenvalue weighted by atomic mass is 10.1. The predicted molar refractivity (Wildman–Crippen MR) is 128 cm³/mol. The second-order valence-corrected chi connectivity index (χ2v) is 9.22. The van der Waals surface area contributed by atoms with Gasteiger partial charge in [-0.3, -0.25) is 9.69 Å². The highest BCUT2D eigenvalue weighted by Gasteiger charge is 2.34. The van der Waals surface area contributed by atoms with E-state index < -0.39 is 5.97 Å². The number of ether oxygens (including phenoxy) is 3. The van der Waals surface area contributed by atoms with Crippen LogP contribution < -0.4 is 9.47 Å². The van der Waals surface area contributed by atoms with Gasteiger partial charge in [-0.15, -0.1) is 0 Å². The van der Waals surface area contributed by atoms with Crippen molar-refractivity contribution in [2.24, 2.45) is 0 Å². The van der Waals surface area contributed by atoms with E-state index in [4.69, 9.17) is 26.4 Å². The van der Waals surface area contributed by atoms with Crippen molar-refractivity contribution in [2.45, 2.75) is 25.9 Å². The first-order valence-electron chi connectivity index (χ1n) is 10.3. The fraction of sp³-hybridized carbons (Fsp3) is 0.292. The van der Waals surface area contributed by atoms with Crippen molar-refractivity contribution in [2.75, 3.05) is 20.3 Å². The van der Waals surface area contributed by atoms with Gasteiger partial charge in [0.2, 0.25) is 0 Å². The molecule has 0 bridgehead atoms. The summed E-state index contributed by atoms with van der Waals surface area (Å²) in [7, 11) is 1.51. The van der Waals surface area contributed by atoms with E-state index in [0.29, 0.717) is 32.8 Å². The molecule has 2 fully saturated rings. The van der Waals surface area contributed by atoms with E-state index in [9.17, 15) is 9.59 Å². The molecular formula is C24H23NO5S2. The van der Waals surface area contributed by atoms with E-state index in [1.807, 2.05) is 19.1 Å². The Labute approximate surface area is 196 Å². The molecule has 2 aromatic carbocycles. The molecule has 2 saturated heterocycles. The number of hydrogen-bond donors (Lipinski definition) is 0. The highest BCUT2D eigenvalue weighted by Crippen LogP contribution is 2.35. The van der Waals surface area contributed by atoms with Gasteiger partial charge in [0.1, 0.15) is 4.32 Å². The van der Waals surface area contributed by atoms with Crippen molar-refractivity contribution >= 4 is 46.3 Å². The van der Waals surface area contributed by atoms with Crippen molar-refractivity contribution < 1.29 is 23.8 Å². The van der Waals surface area contributed by atoms with Crippen LogP contribution in [-0.4, -0.2) is 47.5 Å². The van der Waals surface area contributed by atoms with Crippen LogP contribution in [0.2, 0.25) is 0 Å². The largest absolute Gasteiger partial charge is 0.493 e. The fourth-order valence-electron chi connectivity index (χ4n) is 3.62. The van der Waals surface area contributed by atoms with Gasteiger partial charge in [-0.05, 0) is 55.2 Å². The van der Waals surface area contributed by atoms with Crippen LogP contribution in [0.3, 0.4) is 0 Å². The summed E-state index contributed by atoms with van der Waals surface area (Å²) in [6.45, 7) is 3.07. The first-order chi connectivity index (χ1) is 15.5. The van der Waals surface area contributed by atoms with E-state index in [1.54, 1.807) is 41.3 Å². The molecule has 0 unspecified atom stereocenters. The van der Waals surface area contributed by atoms with Crippen LogP contribution in [0.15, 0.2) is 47.4 Å². The standard InChI is InChI=1S/C24H23NO5S2/c1-15-6-3-4-8-18(15)23(27)30-19-10-9-16(12-20(19)28-2)13-21-22(26)25(24(31)32-21)14-17-7-5-11-29-17/h3-4,6,8-10,12-13,17H,5,7,11,14H2,1-2H3/b21-13+/t17-/m1/s1. The van der Waals surface area contributed by atoms with Crippen molar-refractivity contribution in [3.8, 4) is 11.5 Å². The monoisotopic (exact) mass is 469 g/mol. The van der Waals surface area contributed by atoms with Crippen molar-refractivity contribution in [1.82, 2.24) is 4.90 Å². The molecule has 2 aliphatic heterocycles. The molecule has 32 heavy (non-hydrogen) atoms. The van der Waals surface area contributed by atoms with Gasteiger partial charge in [0.25, 0.3) is 5.91 Å². The number of hydrogen-bond acceptors (Lipinski definition) is 7. The van der Waals surface area contributed by atoms with Gasteiger partial charge >= 0.3 is 5.97 Å². The van der Waals surface area contributed by atoms with E-state index in [1.165, 1.54) is 18.9 Å². The third-order valence-corrected chi connectivity index (χ3v) is 6.71. The molecule has 0 spiro atoms. The maximum absolute atomic E-state index is 12.9. The quantitative estimate of drug-likeness (QED) is 0.265. The number of rotatable bonds is 6.